The van der Waals surface area contributed by atoms with Crippen molar-refractivity contribution in [3.63, 3.8) is 0 Å². The monoisotopic (exact) mass is 471 g/mol. The van der Waals surface area contributed by atoms with Crippen LogP contribution in [0, 0.1) is 0 Å². The van der Waals surface area contributed by atoms with Crippen molar-refractivity contribution in [3.8, 4) is 28.7 Å². The van der Waals surface area contributed by atoms with Crippen LogP contribution >= 0.6 is 0 Å². The van der Waals surface area contributed by atoms with E-state index in [0.717, 1.165) is 19.4 Å². The number of guanidine groups is 1. The van der Waals surface area contributed by atoms with Crippen LogP contribution in [0.2, 0.25) is 0 Å². The third kappa shape index (κ3) is 5.45. The second-order valence-corrected chi connectivity index (χ2v) is 7.68. The first kappa shape index (κ1) is 23.5. The fraction of sp³-hybridized carbons (Fsp3) is 0.417. The Bertz CT molecular complexity index is 1030. The van der Waals surface area contributed by atoms with E-state index in [1.54, 1.807) is 12.1 Å². The number of rotatable bonds is 7. The normalized spacial score (nSPS) is 17.1. The number of hydrogen-bond acceptors (Lipinski definition) is 8. The molecule has 182 valence electrons. The molecule has 2 heterocycles. The number of carbonyl (C=O) groups excluding carboxylic acids is 1. The molecule has 1 amide bonds. The largest absolute Gasteiger partial charge is 0.493 e. The summed E-state index contributed by atoms with van der Waals surface area (Å²) in [6.07, 6.45) is 1.96. The first-order valence-corrected chi connectivity index (χ1v) is 11.1. The van der Waals surface area contributed by atoms with Gasteiger partial charge >= 0.3 is 0 Å². The van der Waals surface area contributed by atoms with Crippen LogP contribution in [-0.2, 0) is 4.74 Å². The Kier molecular flexibility index (Phi) is 7.58. The van der Waals surface area contributed by atoms with E-state index in [0.29, 0.717) is 59.8 Å². The summed E-state index contributed by atoms with van der Waals surface area (Å²) in [7, 11) is 4.50. The zero-order chi connectivity index (χ0) is 23.9. The Morgan fingerprint density at radius 3 is 2.38 bits per heavy atom. The second kappa shape index (κ2) is 11.0. The Morgan fingerprint density at radius 2 is 1.74 bits per heavy atom. The highest BCUT2D eigenvalue weighted by molar-refractivity contribution is 6.10. The van der Waals surface area contributed by atoms with Gasteiger partial charge in [-0.15, -0.1) is 0 Å². The molecule has 2 aromatic rings. The van der Waals surface area contributed by atoms with Gasteiger partial charge in [0.2, 0.25) is 11.7 Å². The number of nitrogens with zero attached hydrogens (tertiary/aromatic N) is 1. The minimum Gasteiger partial charge on any atom is -0.493 e. The Labute approximate surface area is 198 Å². The molecule has 34 heavy (non-hydrogen) atoms. The van der Waals surface area contributed by atoms with Gasteiger partial charge in [-0.25, -0.2) is 4.99 Å². The lowest BCUT2D eigenvalue weighted by molar-refractivity contribution is 0.0974. The molecule has 0 saturated carbocycles. The highest BCUT2D eigenvalue weighted by Crippen LogP contribution is 2.38. The minimum atomic E-state index is -0.393. The standard InChI is InChI=1S/C24H29N3O7/c1-29-20-11-15(12-21(30-2)22(20)31-3)23(28)27-24(25-14-17-5-4-8-32-17)26-16-6-7-18-19(13-16)34-10-9-33-18/h6-7,11-13,17H,4-5,8-10,14H2,1-3H3,(H2,25,26,27,28). The third-order valence-electron chi connectivity index (χ3n) is 5.44. The number of nitrogens with one attached hydrogen (secondary N) is 2. The number of ether oxygens (including phenoxy) is 6. The number of methoxy groups -OCH3 is 3. The summed E-state index contributed by atoms with van der Waals surface area (Å²) in [5.74, 6) is 2.36. The van der Waals surface area contributed by atoms with Crippen molar-refractivity contribution in [1.82, 2.24) is 5.32 Å². The van der Waals surface area contributed by atoms with Crippen molar-refractivity contribution in [1.29, 1.82) is 0 Å². The second-order valence-electron chi connectivity index (χ2n) is 7.68. The van der Waals surface area contributed by atoms with Gasteiger partial charge in [-0.2, -0.15) is 0 Å². The van der Waals surface area contributed by atoms with Crippen molar-refractivity contribution in [2.45, 2.75) is 18.9 Å². The van der Waals surface area contributed by atoms with Gasteiger partial charge in [-0.1, -0.05) is 0 Å². The first-order chi connectivity index (χ1) is 16.6. The Hall–Kier alpha value is -3.66. The average molecular weight is 472 g/mol. The fourth-order valence-corrected chi connectivity index (χ4v) is 3.74. The van der Waals surface area contributed by atoms with E-state index in [4.69, 9.17) is 28.4 Å². The number of hydrogen-bond donors (Lipinski definition) is 2. The summed E-state index contributed by atoms with van der Waals surface area (Å²) in [4.78, 5) is 17.7. The minimum absolute atomic E-state index is 0.0233. The van der Waals surface area contributed by atoms with Crippen LogP contribution in [0.15, 0.2) is 35.3 Å². The quantitative estimate of drug-likeness (QED) is 0.469. The first-order valence-electron chi connectivity index (χ1n) is 11.1. The highest BCUT2D eigenvalue weighted by Gasteiger charge is 2.20. The number of benzene rings is 2. The molecule has 0 aliphatic carbocycles. The van der Waals surface area contributed by atoms with Gasteiger partial charge in [-0.3, -0.25) is 10.1 Å². The van der Waals surface area contributed by atoms with Crippen molar-refractivity contribution >= 4 is 17.6 Å². The summed E-state index contributed by atoms with van der Waals surface area (Å²) in [5, 5.41) is 6.02. The van der Waals surface area contributed by atoms with E-state index in [1.807, 2.05) is 18.2 Å². The van der Waals surface area contributed by atoms with Gasteiger partial charge in [0.05, 0.1) is 34.0 Å². The highest BCUT2D eigenvalue weighted by atomic mass is 16.6. The van der Waals surface area contributed by atoms with Crippen LogP contribution in [0.3, 0.4) is 0 Å². The molecule has 0 radical (unpaired) electrons. The number of amides is 1. The lowest BCUT2D eigenvalue weighted by Gasteiger charge is -2.20. The molecule has 0 bridgehead atoms. The number of anilines is 1. The SMILES string of the molecule is COc1cc(C(=O)NC(=NCC2CCCO2)Nc2ccc3c(c2)OCCO3)cc(OC)c1OC. The molecule has 4 rings (SSSR count). The fourth-order valence-electron chi connectivity index (χ4n) is 3.74. The molecule has 1 unspecified atom stereocenters. The van der Waals surface area contributed by atoms with E-state index in [-0.39, 0.29) is 12.1 Å². The molecular weight excluding hydrogens is 442 g/mol. The van der Waals surface area contributed by atoms with E-state index in [1.165, 1.54) is 21.3 Å². The predicted octanol–water partition coefficient (Wildman–Crippen LogP) is 2.86. The van der Waals surface area contributed by atoms with Gasteiger partial charge in [0.1, 0.15) is 13.2 Å². The summed E-state index contributed by atoms with van der Waals surface area (Å²) in [6.45, 7) is 2.14. The van der Waals surface area contributed by atoms with Gasteiger partial charge in [0, 0.05) is 23.9 Å². The third-order valence-corrected chi connectivity index (χ3v) is 5.44. The zero-order valence-electron chi connectivity index (χ0n) is 19.5. The van der Waals surface area contributed by atoms with Crippen molar-refractivity contribution in [2.75, 3.05) is 53.0 Å². The maximum atomic E-state index is 13.2. The molecule has 1 atom stereocenters. The molecule has 0 spiro atoms. The Morgan fingerprint density at radius 1 is 1.00 bits per heavy atom. The van der Waals surface area contributed by atoms with Crippen molar-refractivity contribution in [2.24, 2.45) is 4.99 Å². The van der Waals surface area contributed by atoms with Gasteiger partial charge in [-0.05, 0) is 37.1 Å². The van der Waals surface area contributed by atoms with Gasteiger partial charge < -0.3 is 33.7 Å². The molecule has 2 aliphatic heterocycles. The van der Waals surface area contributed by atoms with Crippen LogP contribution < -0.4 is 34.3 Å². The molecular formula is C24H29N3O7. The predicted molar refractivity (Wildman–Crippen MR) is 126 cm³/mol. The molecule has 1 saturated heterocycles. The zero-order valence-corrected chi connectivity index (χ0v) is 19.5. The van der Waals surface area contributed by atoms with E-state index in [9.17, 15) is 4.79 Å². The molecule has 2 N–H and O–H groups in total. The lowest BCUT2D eigenvalue weighted by atomic mass is 10.1. The summed E-state index contributed by atoms with van der Waals surface area (Å²) in [6, 6.07) is 8.62. The van der Waals surface area contributed by atoms with Gasteiger partial charge in [0.25, 0.3) is 5.91 Å². The molecule has 1 fully saturated rings. The molecule has 10 heteroatoms. The molecule has 10 nitrogen and oxygen atoms in total. The van der Waals surface area contributed by atoms with Gasteiger partial charge in [0.15, 0.2) is 23.0 Å². The molecule has 2 aliphatic rings. The lowest BCUT2D eigenvalue weighted by Crippen LogP contribution is -2.36. The Balaban J connectivity index is 1.56. The summed E-state index contributed by atoms with van der Waals surface area (Å²) < 4.78 is 33.0. The van der Waals surface area contributed by atoms with E-state index < -0.39 is 5.91 Å². The van der Waals surface area contributed by atoms with Crippen LogP contribution in [0.25, 0.3) is 0 Å². The van der Waals surface area contributed by atoms with Crippen molar-refractivity contribution in [3.05, 3.63) is 35.9 Å². The smallest absolute Gasteiger partial charge is 0.258 e. The van der Waals surface area contributed by atoms with Crippen LogP contribution in [0.4, 0.5) is 5.69 Å². The van der Waals surface area contributed by atoms with Crippen LogP contribution in [0.5, 0.6) is 28.7 Å². The van der Waals surface area contributed by atoms with Crippen LogP contribution in [-0.4, -0.2) is 65.7 Å². The summed E-state index contributed by atoms with van der Waals surface area (Å²) >= 11 is 0. The number of aliphatic imine (C=N–C) groups is 1. The topological polar surface area (TPSA) is 109 Å². The number of carbonyl (C=O) groups is 1. The maximum absolute atomic E-state index is 13.2. The maximum Gasteiger partial charge on any atom is 0.258 e. The number of fused-ring (bicyclic) bond motifs is 1. The average Bonchev–Trinajstić information content (AvgIpc) is 3.40. The molecule has 2 aromatic carbocycles. The van der Waals surface area contributed by atoms with E-state index >= 15 is 0 Å². The van der Waals surface area contributed by atoms with Crippen LogP contribution in [0.1, 0.15) is 23.2 Å². The molecule has 0 aromatic heterocycles. The van der Waals surface area contributed by atoms with Crippen molar-refractivity contribution < 1.29 is 33.2 Å². The summed E-state index contributed by atoms with van der Waals surface area (Å²) in [5.41, 5.74) is 1.02. The van der Waals surface area contributed by atoms with E-state index in [2.05, 4.69) is 15.6 Å².